The minimum atomic E-state index is 0.660. The topological polar surface area (TPSA) is 15.3 Å². The van der Waals surface area contributed by atoms with E-state index in [1.807, 2.05) is 0 Å². The van der Waals surface area contributed by atoms with Gasteiger partial charge in [-0.3, -0.25) is 0 Å². The SMILES string of the molecule is CC(C)N(C)CCCCNCc1cccc(C2CC2)c1. The summed E-state index contributed by atoms with van der Waals surface area (Å²) in [6.45, 7) is 7.85. The second-order valence-electron chi connectivity index (χ2n) is 6.48. The van der Waals surface area contributed by atoms with Crippen LogP contribution in [-0.4, -0.2) is 31.1 Å². The van der Waals surface area contributed by atoms with Crippen LogP contribution < -0.4 is 5.32 Å². The van der Waals surface area contributed by atoms with Crippen molar-refractivity contribution in [2.75, 3.05) is 20.1 Å². The Labute approximate surface area is 124 Å². The van der Waals surface area contributed by atoms with Gasteiger partial charge in [-0.25, -0.2) is 0 Å². The third kappa shape index (κ3) is 5.26. The van der Waals surface area contributed by atoms with Gasteiger partial charge in [0.05, 0.1) is 0 Å². The van der Waals surface area contributed by atoms with E-state index in [1.165, 1.54) is 37.8 Å². The quantitative estimate of drug-likeness (QED) is 0.690. The van der Waals surface area contributed by atoms with Gasteiger partial charge in [0.1, 0.15) is 0 Å². The van der Waals surface area contributed by atoms with Crippen molar-refractivity contribution in [3.8, 4) is 0 Å². The van der Waals surface area contributed by atoms with E-state index >= 15 is 0 Å². The Kier molecular flexibility index (Phi) is 6.06. The van der Waals surface area contributed by atoms with Crippen molar-refractivity contribution in [1.82, 2.24) is 10.2 Å². The number of hydrogen-bond donors (Lipinski definition) is 1. The summed E-state index contributed by atoms with van der Waals surface area (Å²) in [6, 6.07) is 9.78. The Morgan fingerprint density at radius 1 is 1.25 bits per heavy atom. The molecule has 1 aliphatic rings. The smallest absolute Gasteiger partial charge is 0.0205 e. The molecule has 0 atom stereocenters. The van der Waals surface area contributed by atoms with Gasteiger partial charge >= 0.3 is 0 Å². The molecule has 0 bridgehead atoms. The first-order valence-electron chi connectivity index (χ1n) is 8.16. The van der Waals surface area contributed by atoms with Gasteiger partial charge in [-0.05, 0) is 76.7 Å². The fourth-order valence-electron chi connectivity index (χ4n) is 2.48. The summed E-state index contributed by atoms with van der Waals surface area (Å²) in [5.41, 5.74) is 2.98. The molecule has 0 radical (unpaired) electrons. The van der Waals surface area contributed by atoms with Gasteiger partial charge in [0.25, 0.3) is 0 Å². The third-order valence-corrected chi connectivity index (χ3v) is 4.32. The molecular weight excluding hydrogens is 244 g/mol. The Morgan fingerprint density at radius 2 is 2.05 bits per heavy atom. The molecule has 1 aromatic carbocycles. The highest BCUT2D eigenvalue weighted by molar-refractivity contribution is 5.29. The maximum atomic E-state index is 3.57. The van der Waals surface area contributed by atoms with Crippen LogP contribution in [0.3, 0.4) is 0 Å². The molecule has 0 amide bonds. The van der Waals surface area contributed by atoms with Crippen LogP contribution in [0.25, 0.3) is 0 Å². The van der Waals surface area contributed by atoms with Gasteiger partial charge in [0, 0.05) is 12.6 Å². The molecule has 1 aromatic rings. The molecule has 2 nitrogen and oxygen atoms in total. The van der Waals surface area contributed by atoms with E-state index in [0.717, 1.165) is 19.0 Å². The van der Waals surface area contributed by atoms with Crippen LogP contribution in [-0.2, 0) is 6.54 Å². The summed E-state index contributed by atoms with van der Waals surface area (Å²) < 4.78 is 0. The lowest BCUT2D eigenvalue weighted by Gasteiger charge is -2.20. The van der Waals surface area contributed by atoms with E-state index in [2.05, 4.69) is 55.4 Å². The highest BCUT2D eigenvalue weighted by Crippen LogP contribution is 2.40. The van der Waals surface area contributed by atoms with E-state index < -0.39 is 0 Å². The first-order valence-corrected chi connectivity index (χ1v) is 8.16. The predicted octanol–water partition coefficient (Wildman–Crippen LogP) is 3.77. The van der Waals surface area contributed by atoms with Crippen molar-refractivity contribution in [2.24, 2.45) is 0 Å². The molecule has 2 heteroatoms. The van der Waals surface area contributed by atoms with Gasteiger partial charge in [-0.1, -0.05) is 24.3 Å². The third-order valence-electron chi connectivity index (χ3n) is 4.32. The molecule has 0 aliphatic heterocycles. The maximum absolute atomic E-state index is 3.57. The van der Waals surface area contributed by atoms with Crippen molar-refractivity contribution in [1.29, 1.82) is 0 Å². The summed E-state index contributed by atoms with van der Waals surface area (Å²) in [5, 5.41) is 3.57. The zero-order chi connectivity index (χ0) is 14.4. The van der Waals surface area contributed by atoms with Crippen LogP contribution in [0.5, 0.6) is 0 Å². The largest absolute Gasteiger partial charge is 0.313 e. The van der Waals surface area contributed by atoms with E-state index in [-0.39, 0.29) is 0 Å². The van der Waals surface area contributed by atoms with Gasteiger partial charge < -0.3 is 10.2 Å². The van der Waals surface area contributed by atoms with Crippen LogP contribution in [0.4, 0.5) is 0 Å². The van der Waals surface area contributed by atoms with Crippen molar-refractivity contribution in [3.05, 3.63) is 35.4 Å². The fourth-order valence-corrected chi connectivity index (χ4v) is 2.48. The first kappa shape index (κ1) is 15.5. The fraction of sp³-hybridized carbons (Fsp3) is 0.667. The molecule has 0 aromatic heterocycles. The lowest BCUT2D eigenvalue weighted by molar-refractivity contribution is 0.268. The highest BCUT2D eigenvalue weighted by Gasteiger charge is 2.23. The number of hydrogen-bond acceptors (Lipinski definition) is 2. The van der Waals surface area contributed by atoms with Gasteiger partial charge in [0.15, 0.2) is 0 Å². The molecule has 1 saturated carbocycles. The molecule has 0 spiro atoms. The molecular formula is C18H30N2. The first-order chi connectivity index (χ1) is 9.66. The molecule has 1 fully saturated rings. The van der Waals surface area contributed by atoms with Gasteiger partial charge in [-0.15, -0.1) is 0 Å². The molecule has 1 aliphatic carbocycles. The number of unbranched alkanes of at least 4 members (excludes halogenated alkanes) is 1. The second kappa shape index (κ2) is 7.80. The van der Waals surface area contributed by atoms with Crippen LogP contribution >= 0.6 is 0 Å². The molecule has 1 N–H and O–H groups in total. The van der Waals surface area contributed by atoms with E-state index in [0.29, 0.717) is 6.04 Å². The molecule has 0 saturated heterocycles. The monoisotopic (exact) mass is 274 g/mol. The zero-order valence-electron chi connectivity index (χ0n) is 13.4. The molecule has 0 heterocycles. The van der Waals surface area contributed by atoms with Crippen LogP contribution in [0.1, 0.15) is 56.6 Å². The minimum Gasteiger partial charge on any atom is -0.313 e. The molecule has 20 heavy (non-hydrogen) atoms. The Morgan fingerprint density at radius 3 is 2.75 bits per heavy atom. The summed E-state index contributed by atoms with van der Waals surface area (Å²) in [4.78, 5) is 2.42. The number of nitrogens with zero attached hydrogens (tertiary/aromatic N) is 1. The van der Waals surface area contributed by atoms with E-state index in [9.17, 15) is 0 Å². The van der Waals surface area contributed by atoms with Gasteiger partial charge in [-0.2, -0.15) is 0 Å². The maximum Gasteiger partial charge on any atom is 0.0205 e. The standard InChI is InChI=1S/C18H30N2/c1-15(2)20(3)12-5-4-11-19-14-16-7-6-8-18(13-16)17-9-10-17/h6-8,13,15,17,19H,4-5,9-12,14H2,1-3H3. The average molecular weight is 274 g/mol. The normalized spacial score (nSPS) is 15.2. The second-order valence-corrected chi connectivity index (χ2v) is 6.48. The summed E-state index contributed by atoms with van der Waals surface area (Å²) in [5.74, 6) is 0.863. The van der Waals surface area contributed by atoms with Crippen LogP contribution in [0, 0.1) is 0 Å². The molecule has 0 unspecified atom stereocenters. The van der Waals surface area contributed by atoms with E-state index in [4.69, 9.17) is 0 Å². The molecule has 112 valence electrons. The summed E-state index contributed by atoms with van der Waals surface area (Å²) >= 11 is 0. The summed E-state index contributed by atoms with van der Waals surface area (Å²) in [6.07, 6.45) is 5.32. The van der Waals surface area contributed by atoms with Crippen molar-refractivity contribution in [2.45, 2.75) is 58.0 Å². The predicted molar refractivity (Wildman–Crippen MR) is 87.1 cm³/mol. The van der Waals surface area contributed by atoms with Crippen molar-refractivity contribution >= 4 is 0 Å². The Bertz CT molecular complexity index is 396. The van der Waals surface area contributed by atoms with Crippen LogP contribution in [0.2, 0.25) is 0 Å². The zero-order valence-corrected chi connectivity index (χ0v) is 13.4. The number of benzene rings is 1. The summed E-state index contributed by atoms with van der Waals surface area (Å²) in [7, 11) is 2.21. The minimum absolute atomic E-state index is 0.660. The van der Waals surface area contributed by atoms with Crippen LogP contribution in [0.15, 0.2) is 24.3 Å². The van der Waals surface area contributed by atoms with Crippen molar-refractivity contribution in [3.63, 3.8) is 0 Å². The Hall–Kier alpha value is -0.860. The molecule has 2 rings (SSSR count). The number of nitrogens with one attached hydrogen (secondary N) is 1. The lowest BCUT2D eigenvalue weighted by Crippen LogP contribution is -2.27. The lowest BCUT2D eigenvalue weighted by atomic mass is 10.1. The van der Waals surface area contributed by atoms with Gasteiger partial charge in [0.2, 0.25) is 0 Å². The average Bonchev–Trinajstić information content (AvgIpc) is 3.27. The van der Waals surface area contributed by atoms with E-state index in [1.54, 1.807) is 5.56 Å². The Balaban J connectivity index is 1.58. The number of rotatable bonds is 9. The highest BCUT2D eigenvalue weighted by atomic mass is 15.1. The van der Waals surface area contributed by atoms with Crippen molar-refractivity contribution < 1.29 is 0 Å².